The number of carboxylic acids is 1. The molecule has 4 nitrogen and oxygen atoms in total. The highest BCUT2D eigenvalue weighted by atomic mass is 16.4. The summed E-state index contributed by atoms with van der Waals surface area (Å²) < 4.78 is 0. The van der Waals surface area contributed by atoms with Crippen LogP contribution in [-0.4, -0.2) is 22.6 Å². The second-order valence-corrected chi connectivity index (χ2v) is 3.35. The minimum absolute atomic E-state index is 0.162. The molecule has 14 heavy (non-hydrogen) atoms. The first-order valence-corrected chi connectivity index (χ1v) is 4.52. The van der Waals surface area contributed by atoms with Gasteiger partial charge in [-0.15, -0.1) is 0 Å². The molecule has 1 rings (SSSR count). The fourth-order valence-electron chi connectivity index (χ4n) is 1.61. The highest BCUT2D eigenvalue weighted by molar-refractivity contribution is 6.09. The van der Waals surface area contributed by atoms with Gasteiger partial charge in [0.15, 0.2) is 5.78 Å². The van der Waals surface area contributed by atoms with Gasteiger partial charge in [-0.2, -0.15) is 0 Å². The number of Topliss-reactive ketones (excluding diaryl/α,β-unsaturated/α-hetero) is 1. The number of rotatable bonds is 3. The van der Waals surface area contributed by atoms with Gasteiger partial charge in [0.1, 0.15) is 5.78 Å². The van der Waals surface area contributed by atoms with Crippen molar-refractivity contribution < 1.29 is 19.5 Å². The van der Waals surface area contributed by atoms with E-state index in [-0.39, 0.29) is 18.0 Å². The number of ketones is 2. The Hall–Kier alpha value is -1.45. The zero-order valence-electron chi connectivity index (χ0n) is 7.90. The molecule has 0 aliphatic heterocycles. The molecule has 1 aliphatic rings. The third kappa shape index (κ3) is 2.07. The van der Waals surface area contributed by atoms with E-state index in [0.717, 1.165) is 0 Å². The van der Waals surface area contributed by atoms with Crippen molar-refractivity contribution in [3.63, 3.8) is 0 Å². The molecule has 0 saturated carbocycles. The first kappa shape index (κ1) is 10.6. The summed E-state index contributed by atoms with van der Waals surface area (Å²) in [6.07, 6.45) is 2.95. The number of aliphatic carboxylic acids is 1. The smallest absolute Gasteiger partial charge is 0.307 e. The highest BCUT2D eigenvalue weighted by Gasteiger charge is 2.32. The lowest BCUT2D eigenvalue weighted by molar-refractivity contribution is -0.146. The Morgan fingerprint density at radius 3 is 2.71 bits per heavy atom. The van der Waals surface area contributed by atoms with E-state index in [0.29, 0.717) is 6.42 Å². The lowest BCUT2D eigenvalue weighted by atomic mass is 9.82. The Labute approximate surface area is 81.6 Å². The Balaban J connectivity index is 2.86. The van der Waals surface area contributed by atoms with Crippen molar-refractivity contribution in [1.82, 2.24) is 0 Å². The van der Waals surface area contributed by atoms with Crippen molar-refractivity contribution in [2.75, 3.05) is 0 Å². The Bertz CT molecular complexity index is 303. The van der Waals surface area contributed by atoms with Gasteiger partial charge in [-0.05, 0) is 12.5 Å². The standard InChI is InChI=1S/C10H12O4/c1-2-7(10(13)14)8-4-3-6(11)5-9(8)12/h3-4,7-8H,2,5H2,1H3,(H,13,14). The van der Waals surface area contributed by atoms with Crippen molar-refractivity contribution in [3.05, 3.63) is 12.2 Å². The summed E-state index contributed by atoms with van der Waals surface area (Å²) in [6, 6.07) is 0. The number of carbonyl (C=O) groups is 3. The second-order valence-electron chi connectivity index (χ2n) is 3.35. The van der Waals surface area contributed by atoms with E-state index < -0.39 is 17.8 Å². The van der Waals surface area contributed by atoms with E-state index in [1.165, 1.54) is 12.2 Å². The number of carboxylic acid groups (broad SMARTS) is 1. The Morgan fingerprint density at radius 2 is 2.29 bits per heavy atom. The van der Waals surface area contributed by atoms with Crippen LogP contribution < -0.4 is 0 Å². The molecule has 0 saturated heterocycles. The SMILES string of the molecule is CCC(C(=O)O)C1C=CC(=O)CC1=O. The molecule has 2 unspecified atom stereocenters. The molecule has 2 atom stereocenters. The van der Waals surface area contributed by atoms with Gasteiger partial charge in [0.25, 0.3) is 0 Å². The van der Waals surface area contributed by atoms with Crippen molar-refractivity contribution in [3.8, 4) is 0 Å². The van der Waals surface area contributed by atoms with Crippen LogP contribution in [0.5, 0.6) is 0 Å². The van der Waals surface area contributed by atoms with Crippen LogP contribution in [0.2, 0.25) is 0 Å². The first-order chi connectivity index (χ1) is 6.56. The van der Waals surface area contributed by atoms with E-state index in [1.54, 1.807) is 6.92 Å². The zero-order chi connectivity index (χ0) is 10.7. The zero-order valence-corrected chi connectivity index (χ0v) is 7.90. The van der Waals surface area contributed by atoms with E-state index in [2.05, 4.69) is 0 Å². The van der Waals surface area contributed by atoms with Gasteiger partial charge in [0.2, 0.25) is 0 Å². The molecule has 0 radical (unpaired) electrons. The fourth-order valence-corrected chi connectivity index (χ4v) is 1.61. The summed E-state index contributed by atoms with van der Waals surface area (Å²) in [5, 5.41) is 8.84. The van der Waals surface area contributed by atoms with Crippen molar-refractivity contribution in [2.45, 2.75) is 19.8 Å². The summed E-state index contributed by atoms with van der Waals surface area (Å²) in [4.78, 5) is 33.0. The average Bonchev–Trinajstić information content (AvgIpc) is 2.09. The summed E-state index contributed by atoms with van der Waals surface area (Å²) >= 11 is 0. The van der Waals surface area contributed by atoms with Crippen LogP contribution in [0.4, 0.5) is 0 Å². The largest absolute Gasteiger partial charge is 0.481 e. The lowest BCUT2D eigenvalue weighted by Crippen LogP contribution is -2.31. The van der Waals surface area contributed by atoms with Crippen molar-refractivity contribution in [2.24, 2.45) is 11.8 Å². The topological polar surface area (TPSA) is 71.4 Å². The molecule has 0 aromatic carbocycles. The third-order valence-electron chi connectivity index (χ3n) is 2.40. The Kier molecular flexibility index (Phi) is 3.17. The van der Waals surface area contributed by atoms with Crippen LogP contribution >= 0.6 is 0 Å². The van der Waals surface area contributed by atoms with Gasteiger partial charge in [-0.1, -0.05) is 13.0 Å². The predicted molar refractivity (Wildman–Crippen MR) is 48.7 cm³/mol. The summed E-state index contributed by atoms with van der Waals surface area (Å²) in [7, 11) is 0. The maximum absolute atomic E-state index is 11.4. The van der Waals surface area contributed by atoms with Gasteiger partial charge >= 0.3 is 5.97 Å². The van der Waals surface area contributed by atoms with Gasteiger partial charge in [-0.25, -0.2) is 0 Å². The van der Waals surface area contributed by atoms with Gasteiger partial charge in [0, 0.05) is 5.92 Å². The number of hydrogen-bond acceptors (Lipinski definition) is 3. The van der Waals surface area contributed by atoms with E-state index in [1.807, 2.05) is 0 Å². The van der Waals surface area contributed by atoms with Crippen LogP contribution in [0.15, 0.2) is 12.2 Å². The van der Waals surface area contributed by atoms with Crippen LogP contribution in [0.1, 0.15) is 19.8 Å². The Morgan fingerprint density at radius 1 is 1.64 bits per heavy atom. The highest BCUT2D eigenvalue weighted by Crippen LogP contribution is 2.23. The normalized spacial score (nSPS) is 23.6. The molecule has 76 valence electrons. The molecule has 0 fully saturated rings. The molecule has 0 amide bonds. The van der Waals surface area contributed by atoms with Gasteiger partial charge in [-0.3, -0.25) is 14.4 Å². The molecular formula is C10H12O4. The van der Waals surface area contributed by atoms with Crippen LogP contribution in [0, 0.1) is 11.8 Å². The van der Waals surface area contributed by atoms with E-state index in [4.69, 9.17) is 5.11 Å². The summed E-state index contributed by atoms with van der Waals surface area (Å²) in [6.45, 7) is 1.72. The van der Waals surface area contributed by atoms with Gasteiger partial charge < -0.3 is 5.11 Å². The fraction of sp³-hybridized carbons (Fsp3) is 0.500. The maximum atomic E-state index is 11.4. The van der Waals surface area contributed by atoms with Crippen LogP contribution in [0.25, 0.3) is 0 Å². The van der Waals surface area contributed by atoms with Crippen LogP contribution in [-0.2, 0) is 14.4 Å². The molecule has 0 aromatic rings. The number of hydrogen-bond donors (Lipinski definition) is 1. The first-order valence-electron chi connectivity index (χ1n) is 4.52. The molecule has 0 bridgehead atoms. The number of carbonyl (C=O) groups excluding carboxylic acids is 2. The quantitative estimate of drug-likeness (QED) is 0.678. The van der Waals surface area contributed by atoms with Crippen molar-refractivity contribution in [1.29, 1.82) is 0 Å². The van der Waals surface area contributed by atoms with E-state index >= 15 is 0 Å². The minimum atomic E-state index is -0.982. The number of allylic oxidation sites excluding steroid dienone is 2. The molecular weight excluding hydrogens is 184 g/mol. The minimum Gasteiger partial charge on any atom is -0.481 e. The third-order valence-corrected chi connectivity index (χ3v) is 2.40. The summed E-state index contributed by atoms with van der Waals surface area (Å²) in [5.41, 5.74) is 0. The molecule has 4 heteroatoms. The average molecular weight is 196 g/mol. The van der Waals surface area contributed by atoms with Crippen molar-refractivity contribution >= 4 is 17.5 Å². The van der Waals surface area contributed by atoms with E-state index in [9.17, 15) is 14.4 Å². The predicted octanol–water partition coefficient (Wildman–Crippen LogP) is 0.812. The maximum Gasteiger partial charge on any atom is 0.307 e. The second kappa shape index (κ2) is 4.17. The lowest BCUT2D eigenvalue weighted by Gasteiger charge is -2.20. The molecule has 1 N–H and O–H groups in total. The van der Waals surface area contributed by atoms with Crippen LogP contribution in [0.3, 0.4) is 0 Å². The molecule has 1 aliphatic carbocycles. The van der Waals surface area contributed by atoms with Gasteiger partial charge in [0.05, 0.1) is 12.3 Å². The molecule has 0 heterocycles. The molecule has 0 spiro atoms. The monoisotopic (exact) mass is 196 g/mol. The molecule has 0 aromatic heterocycles. The summed E-state index contributed by atoms with van der Waals surface area (Å²) in [5.74, 6) is -2.84.